The third kappa shape index (κ3) is 1.79. The molecule has 0 fully saturated rings. The minimum Gasteiger partial charge on any atom is -0.205 e. The molecule has 2 rings (SSSR count). The fourth-order valence-electron chi connectivity index (χ4n) is 1.47. The number of rotatable bonds is 1. The smallest absolute Gasteiger partial charge is 0.205 e. The van der Waals surface area contributed by atoms with Gasteiger partial charge < -0.3 is 0 Å². The van der Waals surface area contributed by atoms with Gasteiger partial charge in [0.05, 0.1) is 17.5 Å². The van der Waals surface area contributed by atoms with Gasteiger partial charge in [-0.2, -0.15) is 9.19 Å². The Labute approximate surface area is 96.1 Å². The number of aryl methyl sites for hydroxylation is 1. The topological polar surface area (TPSA) is 52.0 Å². The van der Waals surface area contributed by atoms with Crippen LogP contribution >= 0.6 is 15.9 Å². The lowest BCUT2D eigenvalue weighted by Gasteiger charge is -1.99. The first-order valence-corrected chi connectivity index (χ1v) is 6.89. The zero-order valence-electron chi connectivity index (χ0n) is 8.23. The first kappa shape index (κ1) is 10.6. The maximum Gasteiger partial charge on any atom is 0.251 e. The zero-order chi connectivity index (χ0) is 11.2. The number of hydrogen-bond acceptors (Lipinski definition) is 3. The highest BCUT2D eigenvalue weighted by molar-refractivity contribution is 9.10. The van der Waals surface area contributed by atoms with Crippen molar-refractivity contribution in [2.45, 2.75) is 6.92 Å². The van der Waals surface area contributed by atoms with Gasteiger partial charge in [-0.05, 0) is 25.1 Å². The van der Waals surface area contributed by atoms with Crippen molar-refractivity contribution in [1.29, 1.82) is 0 Å². The number of halogens is 1. The van der Waals surface area contributed by atoms with E-state index in [9.17, 15) is 8.42 Å². The van der Waals surface area contributed by atoms with Gasteiger partial charge in [-0.15, -0.1) is 0 Å². The van der Waals surface area contributed by atoms with Crippen LogP contribution in [0.5, 0.6) is 0 Å². The van der Waals surface area contributed by atoms with Crippen LogP contribution in [0, 0.1) is 6.92 Å². The lowest BCUT2D eigenvalue weighted by atomic mass is 10.2. The molecule has 1 aromatic heterocycles. The minimum atomic E-state index is -3.34. The van der Waals surface area contributed by atoms with Crippen molar-refractivity contribution in [3.05, 3.63) is 28.4 Å². The van der Waals surface area contributed by atoms with E-state index in [1.54, 1.807) is 13.0 Å². The van der Waals surface area contributed by atoms with E-state index in [1.807, 2.05) is 12.1 Å². The van der Waals surface area contributed by atoms with Crippen LogP contribution in [0.1, 0.15) is 5.69 Å². The number of hydrogen-bond donors (Lipinski definition) is 0. The summed E-state index contributed by atoms with van der Waals surface area (Å²) in [5, 5.41) is 4.86. The average molecular weight is 289 g/mol. The molecule has 0 unspecified atom stereocenters. The van der Waals surface area contributed by atoms with Gasteiger partial charge >= 0.3 is 0 Å². The fourth-order valence-corrected chi connectivity index (χ4v) is 2.59. The predicted molar refractivity (Wildman–Crippen MR) is 62.4 cm³/mol. The molecule has 80 valence electrons. The van der Waals surface area contributed by atoms with Gasteiger partial charge in [-0.25, -0.2) is 8.42 Å². The SMILES string of the molecule is Cc1nn(S(C)(=O)=O)c2cc(Br)ccc12. The van der Waals surface area contributed by atoms with Gasteiger partial charge in [0.2, 0.25) is 0 Å². The second kappa shape index (κ2) is 3.31. The van der Waals surface area contributed by atoms with Crippen molar-refractivity contribution < 1.29 is 8.42 Å². The summed E-state index contributed by atoms with van der Waals surface area (Å²) < 4.78 is 24.8. The highest BCUT2D eigenvalue weighted by Gasteiger charge is 2.14. The molecule has 2 aromatic rings. The molecule has 0 amide bonds. The molecule has 0 saturated heterocycles. The molecule has 1 aromatic carbocycles. The van der Waals surface area contributed by atoms with E-state index in [4.69, 9.17) is 0 Å². The Bertz CT molecular complexity index is 631. The standard InChI is InChI=1S/C9H9BrN2O2S/c1-6-8-4-3-7(10)5-9(8)12(11-6)15(2,13)14/h3-5H,1-2H3. The molecule has 0 N–H and O–H groups in total. The molecule has 0 bridgehead atoms. The molecule has 0 spiro atoms. The van der Waals surface area contributed by atoms with Gasteiger partial charge in [0.1, 0.15) is 0 Å². The Hall–Kier alpha value is -0.880. The summed E-state index contributed by atoms with van der Waals surface area (Å²) in [6, 6.07) is 5.46. The van der Waals surface area contributed by atoms with E-state index in [0.29, 0.717) is 11.2 Å². The van der Waals surface area contributed by atoms with Crippen molar-refractivity contribution >= 4 is 36.9 Å². The van der Waals surface area contributed by atoms with Crippen LogP contribution in [0.3, 0.4) is 0 Å². The van der Waals surface area contributed by atoms with Gasteiger partial charge in [0, 0.05) is 9.86 Å². The van der Waals surface area contributed by atoms with Crippen LogP contribution in [0.4, 0.5) is 0 Å². The maximum absolute atomic E-state index is 11.5. The van der Waals surface area contributed by atoms with Crippen LogP contribution in [0.15, 0.2) is 22.7 Å². The highest BCUT2D eigenvalue weighted by atomic mass is 79.9. The van der Waals surface area contributed by atoms with Crippen molar-refractivity contribution in [1.82, 2.24) is 9.19 Å². The summed E-state index contributed by atoms with van der Waals surface area (Å²) in [5.74, 6) is 0. The summed E-state index contributed by atoms with van der Waals surface area (Å²) in [6.45, 7) is 1.79. The molecule has 0 radical (unpaired) electrons. The first-order valence-electron chi connectivity index (χ1n) is 4.25. The normalized spacial score (nSPS) is 12.2. The van der Waals surface area contributed by atoms with Gasteiger partial charge in [-0.1, -0.05) is 15.9 Å². The number of aromatic nitrogens is 2. The molecule has 1 heterocycles. The van der Waals surface area contributed by atoms with Crippen molar-refractivity contribution in [3.8, 4) is 0 Å². The molecule has 0 aliphatic heterocycles. The van der Waals surface area contributed by atoms with E-state index >= 15 is 0 Å². The quantitative estimate of drug-likeness (QED) is 0.806. The Kier molecular flexibility index (Phi) is 2.35. The van der Waals surface area contributed by atoms with E-state index in [0.717, 1.165) is 20.2 Å². The predicted octanol–water partition coefficient (Wildman–Crippen LogP) is 1.91. The zero-order valence-corrected chi connectivity index (χ0v) is 10.6. The summed E-state index contributed by atoms with van der Waals surface area (Å²) in [5.41, 5.74) is 1.31. The molecular formula is C9H9BrN2O2S. The average Bonchev–Trinajstić information content (AvgIpc) is 2.42. The Morgan fingerprint density at radius 1 is 1.40 bits per heavy atom. The summed E-state index contributed by atoms with van der Waals surface area (Å²) in [6.07, 6.45) is 1.14. The third-order valence-electron chi connectivity index (χ3n) is 2.11. The van der Waals surface area contributed by atoms with Crippen LogP contribution in [-0.4, -0.2) is 23.9 Å². The van der Waals surface area contributed by atoms with E-state index < -0.39 is 10.0 Å². The maximum atomic E-state index is 11.5. The van der Waals surface area contributed by atoms with Crippen molar-refractivity contribution in [3.63, 3.8) is 0 Å². The minimum absolute atomic E-state index is 0.601. The van der Waals surface area contributed by atoms with Gasteiger partial charge in [0.25, 0.3) is 10.0 Å². The lowest BCUT2D eigenvalue weighted by molar-refractivity contribution is 0.588. The third-order valence-corrected chi connectivity index (χ3v) is 3.51. The second-order valence-electron chi connectivity index (χ2n) is 3.35. The van der Waals surface area contributed by atoms with E-state index in [-0.39, 0.29) is 0 Å². The van der Waals surface area contributed by atoms with Crippen LogP contribution in [-0.2, 0) is 10.0 Å². The molecule has 6 heteroatoms. The van der Waals surface area contributed by atoms with E-state index in [2.05, 4.69) is 21.0 Å². The van der Waals surface area contributed by atoms with Crippen LogP contribution in [0.2, 0.25) is 0 Å². The van der Waals surface area contributed by atoms with Crippen LogP contribution < -0.4 is 0 Å². The largest absolute Gasteiger partial charge is 0.251 e. The first-order chi connectivity index (χ1) is 6.89. The Morgan fingerprint density at radius 2 is 2.07 bits per heavy atom. The molecular weight excluding hydrogens is 280 g/mol. The lowest BCUT2D eigenvalue weighted by Crippen LogP contribution is -2.11. The molecule has 0 aliphatic carbocycles. The molecule has 0 aliphatic rings. The van der Waals surface area contributed by atoms with Crippen LogP contribution in [0.25, 0.3) is 10.9 Å². The monoisotopic (exact) mass is 288 g/mol. The number of benzene rings is 1. The van der Waals surface area contributed by atoms with E-state index in [1.165, 1.54) is 0 Å². The molecule has 0 saturated carbocycles. The second-order valence-corrected chi connectivity index (χ2v) is 6.08. The highest BCUT2D eigenvalue weighted by Crippen LogP contribution is 2.23. The fraction of sp³-hybridized carbons (Fsp3) is 0.222. The summed E-state index contributed by atoms with van der Waals surface area (Å²) in [4.78, 5) is 0. The Morgan fingerprint density at radius 3 is 2.67 bits per heavy atom. The number of nitrogens with zero attached hydrogens (tertiary/aromatic N) is 2. The van der Waals surface area contributed by atoms with Crippen molar-refractivity contribution in [2.24, 2.45) is 0 Å². The summed E-state index contributed by atoms with van der Waals surface area (Å²) in [7, 11) is -3.34. The Balaban J connectivity index is 2.94. The molecule has 0 atom stereocenters. The van der Waals surface area contributed by atoms with Crippen molar-refractivity contribution in [2.75, 3.05) is 6.26 Å². The summed E-state index contributed by atoms with van der Waals surface area (Å²) >= 11 is 3.31. The molecule has 15 heavy (non-hydrogen) atoms. The van der Waals surface area contributed by atoms with Gasteiger partial charge in [0.15, 0.2) is 0 Å². The number of fused-ring (bicyclic) bond motifs is 1. The molecule has 4 nitrogen and oxygen atoms in total. The van der Waals surface area contributed by atoms with Gasteiger partial charge in [-0.3, -0.25) is 0 Å².